The van der Waals surface area contributed by atoms with Crippen LogP contribution in [0.4, 0.5) is 0 Å². The number of carbonyl (C=O) groups is 1. The van der Waals surface area contributed by atoms with Crippen LogP contribution in [0.3, 0.4) is 0 Å². The van der Waals surface area contributed by atoms with Crippen LogP contribution in [0.2, 0.25) is 0 Å². The molecule has 0 amide bonds. The van der Waals surface area contributed by atoms with Gasteiger partial charge in [-0.3, -0.25) is 0 Å². The van der Waals surface area contributed by atoms with Crippen LogP contribution in [0.1, 0.15) is 68.3 Å². The van der Waals surface area contributed by atoms with Gasteiger partial charge in [0.05, 0.1) is 16.6 Å². The Bertz CT molecular complexity index is 1620. The van der Waals surface area contributed by atoms with Gasteiger partial charge in [-0.05, 0) is 56.5 Å². The third-order valence-corrected chi connectivity index (χ3v) is 7.61. The number of carboxylic acids is 1. The maximum atomic E-state index is 12.3. The summed E-state index contributed by atoms with van der Waals surface area (Å²) in [5.41, 5.74) is 5.99. The molecule has 1 aromatic heterocycles. The molecule has 0 saturated heterocycles. The van der Waals surface area contributed by atoms with Crippen LogP contribution in [0.15, 0.2) is 78.9 Å². The summed E-state index contributed by atoms with van der Waals surface area (Å²) in [5.74, 6) is 0.771. The molecular weight excluding hydrogens is 468 g/mol. The van der Waals surface area contributed by atoms with E-state index in [1.54, 1.807) is 0 Å². The Labute approximate surface area is 225 Å². The standard InChI is InChI=1S/C34H36N2O2/c1-6-22(2)18-31-35-29-19-25-10-7-8-11-26(25)20-30(29)36(31)21-23-14-16-24(17-15-23)27-12-9-13-28(34(3,4)5)32(27)33(37)38/h7-17,19-20,22H,6,18,21H2,1-5H3,(H,37,38). The maximum absolute atomic E-state index is 12.3. The fourth-order valence-electron chi connectivity index (χ4n) is 5.27. The second-order valence-corrected chi connectivity index (χ2v) is 11.5. The van der Waals surface area contributed by atoms with Gasteiger partial charge in [-0.1, -0.05) is 108 Å². The van der Waals surface area contributed by atoms with Gasteiger partial charge in [0.25, 0.3) is 0 Å². The number of hydrogen-bond donors (Lipinski definition) is 1. The third-order valence-electron chi connectivity index (χ3n) is 7.61. The van der Waals surface area contributed by atoms with Crippen LogP contribution in [0.5, 0.6) is 0 Å². The van der Waals surface area contributed by atoms with Gasteiger partial charge in [0, 0.05) is 13.0 Å². The molecule has 38 heavy (non-hydrogen) atoms. The van der Waals surface area contributed by atoms with E-state index in [4.69, 9.17) is 4.98 Å². The highest BCUT2D eigenvalue weighted by Gasteiger charge is 2.24. The summed E-state index contributed by atoms with van der Waals surface area (Å²) in [4.78, 5) is 17.4. The van der Waals surface area contributed by atoms with Gasteiger partial charge in [-0.15, -0.1) is 0 Å². The molecule has 0 bridgehead atoms. The monoisotopic (exact) mass is 504 g/mol. The minimum absolute atomic E-state index is 0.262. The van der Waals surface area contributed by atoms with Crippen molar-refractivity contribution in [3.8, 4) is 11.1 Å². The van der Waals surface area contributed by atoms with Crippen molar-refractivity contribution >= 4 is 27.8 Å². The normalized spacial score (nSPS) is 12.8. The highest BCUT2D eigenvalue weighted by Crippen LogP contribution is 2.34. The number of carboxylic acid groups (broad SMARTS) is 1. The SMILES string of the molecule is CCC(C)Cc1nc2cc3ccccc3cc2n1Cc1ccc(-c2cccc(C(C)(C)C)c2C(=O)O)cc1. The Balaban J connectivity index is 1.55. The molecule has 0 fully saturated rings. The van der Waals surface area contributed by atoms with Crippen molar-refractivity contribution in [3.05, 3.63) is 101 Å². The van der Waals surface area contributed by atoms with Crippen LogP contribution in [-0.2, 0) is 18.4 Å². The van der Waals surface area contributed by atoms with Crippen LogP contribution in [0.25, 0.3) is 32.9 Å². The second-order valence-electron chi connectivity index (χ2n) is 11.5. The fourth-order valence-corrected chi connectivity index (χ4v) is 5.27. The second kappa shape index (κ2) is 10.1. The summed E-state index contributed by atoms with van der Waals surface area (Å²) in [6.07, 6.45) is 2.04. The molecule has 0 aliphatic carbocycles. The van der Waals surface area contributed by atoms with E-state index in [1.807, 2.05) is 30.3 Å². The molecule has 0 aliphatic heterocycles. The molecule has 1 atom stereocenters. The number of rotatable bonds is 7. The molecule has 1 N–H and O–H groups in total. The van der Waals surface area contributed by atoms with E-state index in [2.05, 4.69) is 87.7 Å². The van der Waals surface area contributed by atoms with Gasteiger partial charge in [0.2, 0.25) is 0 Å². The highest BCUT2D eigenvalue weighted by molar-refractivity contribution is 5.98. The molecule has 0 saturated carbocycles. The van der Waals surface area contributed by atoms with Gasteiger partial charge in [0.15, 0.2) is 0 Å². The van der Waals surface area contributed by atoms with Crippen LogP contribution < -0.4 is 0 Å². The average Bonchev–Trinajstić information content (AvgIpc) is 3.21. The highest BCUT2D eigenvalue weighted by atomic mass is 16.4. The lowest BCUT2D eigenvalue weighted by Gasteiger charge is -2.23. The zero-order chi connectivity index (χ0) is 27.0. The summed E-state index contributed by atoms with van der Waals surface area (Å²) >= 11 is 0. The Morgan fingerprint density at radius 3 is 2.26 bits per heavy atom. The molecule has 194 valence electrons. The number of hydrogen-bond acceptors (Lipinski definition) is 2. The van der Waals surface area contributed by atoms with Crippen LogP contribution >= 0.6 is 0 Å². The summed E-state index contributed by atoms with van der Waals surface area (Å²) in [6, 6.07) is 27.0. The van der Waals surface area contributed by atoms with Crippen molar-refractivity contribution in [2.75, 3.05) is 0 Å². The molecule has 0 radical (unpaired) electrons. The van der Waals surface area contributed by atoms with Crippen molar-refractivity contribution in [1.82, 2.24) is 9.55 Å². The van der Waals surface area contributed by atoms with E-state index in [1.165, 1.54) is 10.8 Å². The summed E-state index contributed by atoms with van der Waals surface area (Å²) < 4.78 is 2.35. The quantitative estimate of drug-likeness (QED) is 0.242. The molecule has 1 heterocycles. The lowest BCUT2D eigenvalue weighted by atomic mass is 9.81. The van der Waals surface area contributed by atoms with Crippen molar-refractivity contribution in [3.63, 3.8) is 0 Å². The fraction of sp³-hybridized carbons (Fsp3) is 0.294. The van der Waals surface area contributed by atoms with E-state index >= 15 is 0 Å². The van der Waals surface area contributed by atoms with E-state index in [0.717, 1.165) is 52.0 Å². The first-order chi connectivity index (χ1) is 18.2. The molecule has 0 aliphatic rings. The van der Waals surface area contributed by atoms with Crippen molar-refractivity contribution in [2.45, 2.75) is 59.4 Å². The zero-order valence-electron chi connectivity index (χ0n) is 23.0. The number of nitrogens with zero attached hydrogens (tertiary/aromatic N) is 2. The molecule has 4 heteroatoms. The first-order valence-corrected chi connectivity index (χ1v) is 13.5. The van der Waals surface area contributed by atoms with E-state index in [0.29, 0.717) is 18.0 Å². The van der Waals surface area contributed by atoms with Gasteiger partial charge in [-0.2, -0.15) is 0 Å². The van der Waals surface area contributed by atoms with Gasteiger partial charge in [0.1, 0.15) is 5.82 Å². The van der Waals surface area contributed by atoms with Crippen LogP contribution in [0, 0.1) is 5.92 Å². The minimum Gasteiger partial charge on any atom is -0.478 e. The minimum atomic E-state index is -0.888. The Morgan fingerprint density at radius 2 is 1.63 bits per heavy atom. The number of aromatic carboxylic acids is 1. The molecule has 4 nitrogen and oxygen atoms in total. The van der Waals surface area contributed by atoms with E-state index in [-0.39, 0.29) is 5.41 Å². The van der Waals surface area contributed by atoms with Crippen LogP contribution in [-0.4, -0.2) is 20.6 Å². The number of imidazole rings is 1. The summed E-state index contributed by atoms with van der Waals surface area (Å²) in [5, 5.41) is 12.5. The molecule has 1 unspecified atom stereocenters. The predicted octanol–water partition coefficient (Wildman–Crippen LogP) is 8.49. The molecule has 0 spiro atoms. The summed E-state index contributed by atoms with van der Waals surface area (Å²) in [7, 11) is 0. The number of aromatic nitrogens is 2. The molecular formula is C34H36N2O2. The largest absolute Gasteiger partial charge is 0.478 e. The molecule has 5 rings (SSSR count). The smallest absolute Gasteiger partial charge is 0.336 e. The molecule has 5 aromatic rings. The lowest BCUT2D eigenvalue weighted by molar-refractivity contribution is 0.0695. The lowest BCUT2D eigenvalue weighted by Crippen LogP contribution is -2.17. The Morgan fingerprint density at radius 1 is 0.947 bits per heavy atom. The van der Waals surface area contributed by atoms with Crippen molar-refractivity contribution < 1.29 is 9.90 Å². The predicted molar refractivity (Wildman–Crippen MR) is 157 cm³/mol. The van der Waals surface area contributed by atoms with E-state index < -0.39 is 5.97 Å². The van der Waals surface area contributed by atoms with Gasteiger partial charge < -0.3 is 9.67 Å². The average molecular weight is 505 g/mol. The maximum Gasteiger partial charge on any atom is 0.336 e. The van der Waals surface area contributed by atoms with Crippen molar-refractivity contribution in [1.29, 1.82) is 0 Å². The Hall–Kier alpha value is -3.92. The Kier molecular flexibility index (Phi) is 6.83. The first kappa shape index (κ1) is 25.7. The molecule has 4 aromatic carbocycles. The van der Waals surface area contributed by atoms with Gasteiger partial charge in [-0.25, -0.2) is 9.78 Å². The number of benzene rings is 4. The third kappa shape index (κ3) is 4.96. The van der Waals surface area contributed by atoms with Crippen molar-refractivity contribution in [2.24, 2.45) is 5.92 Å². The number of fused-ring (bicyclic) bond motifs is 2. The first-order valence-electron chi connectivity index (χ1n) is 13.5. The van der Waals surface area contributed by atoms with E-state index in [9.17, 15) is 9.90 Å². The van der Waals surface area contributed by atoms with Gasteiger partial charge >= 0.3 is 5.97 Å². The zero-order valence-corrected chi connectivity index (χ0v) is 23.0. The topological polar surface area (TPSA) is 55.1 Å². The summed E-state index contributed by atoms with van der Waals surface area (Å²) in [6.45, 7) is 11.4.